The van der Waals surface area contributed by atoms with Gasteiger partial charge >= 0.3 is 12.1 Å². The summed E-state index contributed by atoms with van der Waals surface area (Å²) in [6, 6.07) is 0. The minimum Gasteiger partial charge on any atom is -0.481 e. The maximum absolute atomic E-state index is 10.5. The summed E-state index contributed by atoms with van der Waals surface area (Å²) in [5, 5.41) is 10.9. The molecule has 1 rings (SSSR count). The van der Waals surface area contributed by atoms with Crippen LogP contribution in [0.5, 0.6) is 0 Å². The van der Waals surface area contributed by atoms with Gasteiger partial charge in [-0.25, -0.2) is 4.79 Å². The lowest BCUT2D eigenvalue weighted by Crippen LogP contribution is -2.30. The van der Waals surface area contributed by atoms with Crippen molar-refractivity contribution in [3.8, 4) is 0 Å². The van der Waals surface area contributed by atoms with Crippen molar-refractivity contribution in [2.45, 2.75) is 58.5 Å². The molecule has 0 aromatic carbocycles. The van der Waals surface area contributed by atoms with Gasteiger partial charge in [0.25, 0.3) is 0 Å². The van der Waals surface area contributed by atoms with E-state index in [1.54, 1.807) is 0 Å². The normalized spacial score (nSPS) is 16.2. The van der Waals surface area contributed by atoms with Crippen LogP contribution in [0.15, 0.2) is 0 Å². The van der Waals surface area contributed by atoms with Crippen molar-refractivity contribution in [1.29, 1.82) is 0 Å². The number of aliphatic carboxylic acids is 1. The molecule has 0 radical (unpaired) electrons. The Hall–Kier alpha value is -1.26. The molecule has 1 aliphatic rings. The van der Waals surface area contributed by atoms with E-state index in [-0.39, 0.29) is 17.6 Å². The van der Waals surface area contributed by atoms with Crippen LogP contribution in [-0.4, -0.2) is 29.8 Å². The molecular formula is C13H25NO4. The molecule has 0 aromatic rings. The molecule has 5 heteroatoms. The molecule has 1 aliphatic carbocycles. The van der Waals surface area contributed by atoms with Crippen LogP contribution in [0, 0.1) is 5.92 Å². The van der Waals surface area contributed by atoms with Crippen LogP contribution in [0.1, 0.15) is 52.9 Å². The van der Waals surface area contributed by atoms with Gasteiger partial charge in [0.2, 0.25) is 0 Å². The molecule has 0 aliphatic heterocycles. The maximum Gasteiger partial charge on any atom is 0.407 e. The topological polar surface area (TPSA) is 75.6 Å². The molecule has 1 saturated carbocycles. The van der Waals surface area contributed by atoms with Crippen molar-refractivity contribution in [2.75, 3.05) is 7.05 Å². The third-order valence-electron chi connectivity index (χ3n) is 2.56. The van der Waals surface area contributed by atoms with E-state index < -0.39 is 5.97 Å². The van der Waals surface area contributed by atoms with Gasteiger partial charge in [0.15, 0.2) is 0 Å². The van der Waals surface area contributed by atoms with E-state index in [4.69, 9.17) is 9.84 Å². The molecule has 0 spiro atoms. The van der Waals surface area contributed by atoms with Crippen LogP contribution in [0.2, 0.25) is 0 Å². The highest BCUT2D eigenvalue weighted by Gasteiger charge is 2.19. The van der Waals surface area contributed by atoms with Crippen molar-refractivity contribution in [3.05, 3.63) is 0 Å². The number of rotatable bonds is 1. The summed E-state index contributed by atoms with van der Waals surface area (Å²) in [5.74, 6) is -0.631. The van der Waals surface area contributed by atoms with Gasteiger partial charge in [0, 0.05) is 7.05 Å². The van der Waals surface area contributed by atoms with E-state index in [0.717, 1.165) is 25.7 Å². The summed E-state index contributed by atoms with van der Waals surface area (Å²) in [7, 11) is 1.54. The highest BCUT2D eigenvalue weighted by Crippen LogP contribution is 2.23. The van der Waals surface area contributed by atoms with Crippen molar-refractivity contribution >= 4 is 12.1 Å². The zero-order valence-corrected chi connectivity index (χ0v) is 11.8. The summed E-state index contributed by atoms with van der Waals surface area (Å²) >= 11 is 0. The van der Waals surface area contributed by atoms with Gasteiger partial charge in [-0.1, -0.05) is 19.3 Å². The number of hydrogen-bond acceptors (Lipinski definition) is 3. The first kappa shape index (κ1) is 16.7. The third-order valence-corrected chi connectivity index (χ3v) is 2.56. The van der Waals surface area contributed by atoms with Gasteiger partial charge in [-0.05, 0) is 33.6 Å². The standard InChI is InChI=1S/C7H12O2.C6H13NO2/c8-7(9)6-4-2-1-3-5-6;1-6(2,3)9-5(8)7-4/h6H,1-5H2,(H,8,9);1-4H3,(H,7,8). The molecule has 0 heterocycles. The molecule has 0 atom stereocenters. The molecule has 2 N–H and O–H groups in total. The minimum atomic E-state index is -0.602. The van der Waals surface area contributed by atoms with Crippen LogP contribution in [0.4, 0.5) is 4.79 Å². The fraction of sp³-hybridized carbons (Fsp3) is 0.846. The summed E-state index contributed by atoms with van der Waals surface area (Å²) in [5.41, 5.74) is -0.389. The van der Waals surface area contributed by atoms with Gasteiger partial charge in [0.05, 0.1) is 5.92 Å². The quantitative estimate of drug-likeness (QED) is 0.759. The van der Waals surface area contributed by atoms with Crippen LogP contribution in [-0.2, 0) is 9.53 Å². The highest BCUT2D eigenvalue weighted by atomic mass is 16.6. The monoisotopic (exact) mass is 259 g/mol. The molecule has 0 unspecified atom stereocenters. The fourth-order valence-corrected chi connectivity index (χ4v) is 1.68. The van der Waals surface area contributed by atoms with Crippen molar-refractivity contribution in [2.24, 2.45) is 5.92 Å². The van der Waals surface area contributed by atoms with E-state index in [0.29, 0.717) is 0 Å². The molecule has 0 saturated heterocycles. The molecule has 18 heavy (non-hydrogen) atoms. The van der Waals surface area contributed by atoms with E-state index >= 15 is 0 Å². The van der Waals surface area contributed by atoms with Crippen molar-refractivity contribution in [3.63, 3.8) is 0 Å². The predicted molar refractivity (Wildman–Crippen MR) is 69.5 cm³/mol. The molecule has 0 bridgehead atoms. The van der Waals surface area contributed by atoms with Crippen molar-refractivity contribution < 1.29 is 19.4 Å². The Kier molecular flexibility index (Phi) is 7.39. The summed E-state index contributed by atoms with van der Waals surface area (Å²) in [4.78, 5) is 20.8. The zero-order valence-electron chi connectivity index (χ0n) is 11.8. The van der Waals surface area contributed by atoms with Gasteiger partial charge in [-0.2, -0.15) is 0 Å². The van der Waals surface area contributed by atoms with E-state index in [1.165, 1.54) is 13.5 Å². The fourth-order valence-electron chi connectivity index (χ4n) is 1.68. The Labute approximate surface area is 109 Å². The Bertz CT molecular complexity index is 265. The van der Waals surface area contributed by atoms with Gasteiger partial charge in [-0.15, -0.1) is 0 Å². The first-order chi connectivity index (χ1) is 8.26. The van der Waals surface area contributed by atoms with Gasteiger partial charge in [0.1, 0.15) is 5.60 Å². The molecule has 1 amide bonds. The second-order valence-electron chi connectivity index (χ2n) is 5.43. The number of carboxylic acids is 1. The molecule has 1 fully saturated rings. The van der Waals surface area contributed by atoms with Crippen LogP contribution in [0.3, 0.4) is 0 Å². The number of carbonyl (C=O) groups excluding carboxylic acids is 1. The Morgan fingerprint density at radius 1 is 1.17 bits per heavy atom. The van der Waals surface area contributed by atoms with E-state index in [9.17, 15) is 9.59 Å². The first-order valence-electron chi connectivity index (χ1n) is 6.40. The zero-order chi connectivity index (χ0) is 14.2. The Morgan fingerprint density at radius 2 is 1.67 bits per heavy atom. The average Bonchev–Trinajstić information content (AvgIpc) is 2.28. The number of alkyl carbamates (subject to hydrolysis) is 1. The molecule has 5 nitrogen and oxygen atoms in total. The second kappa shape index (κ2) is 7.95. The number of hydrogen-bond donors (Lipinski definition) is 2. The van der Waals surface area contributed by atoms with Crippen LogP contribution in [0.25, 0.3) is 0 Å². The van der Waals surface area contributed by atoms with E-state index in [2.05, 4.69) is 5.32 Å². The largest absolute Gasteiger partial charge is 0.481 e. The van der Waals surface area contributed by atoms with Crippen LogP contribution >= 0.6 is 0 Å². The van der Waals surface area contributed by atoms with E-state index in [1.807, 2.05) is 20.8 Å². The Morgan fingerprint density at radius 3 is 1.89 bits per heavy atom. The average molecular weight is 259 g/mol. The number of amides is 1. The SMILES string of the molecule is CNC(=O)OC(C)(C)C.O=C(O)C1CCCCC1. The van der Waals surface area contributed by atoms with Gasteiger partial charge in [-0.3, -0.25) is 4.79 Å². The lowest BCUT2D eigenvalue weighted by Gasteiger charge is -2.18. The number of carbonyl (C=O) groups is 2. The number of nitrogens with one attached hydrogen (secondary N) is 1. The van der Waals surface area contributed by atoms with Crippen molar-refractivity contribution in [1.82, 2.24) is 5.32 Å². The minimum absolute atomic E-state index is 0.0289. The molecule has 0 aromatic heterocycles. The summed E-state index contributed by atoms with van der Waals surface area (Å²) in [6.07, 6.45) is 4.85. The predicted octanol–water partition coefficient (Wildman–Crippen LogP) is 2.79. The lowest BCUT2D eigenvalue weighted by atomic mass is 9.90. The summed E-state index contributed by atoms with van der Waals surface area (Å²) in [6.45, 7) is 5.46. The second-order valence-corrected chi connectivity index (χ2v) is 5.43. The smallest absolute Gasteiger partial charge is 0.407 e. The van der Waals surface area contributed by atoms with Gasteiger partial charge < -0.3 is 15.2 Å². The summed E-state index contributed by atoms with van der Waals surface area (Å²) < 4.78 is 4.84. The molecular weight excluding hydrogens is 234 g/mol. The Balaban J connectivity index is 0.000000321. The first-order valence-corrected chi connectivity index (χ1v) is 6.40. The highest BCUT2D eigenvalue weighted by molar-refractivity contribution is 5.69. The number of ether oxygens (including phenoxy) is 1. The third kappa shape index (κ3) is 8.84. The number of carboxylic acid groups (broad SMARTS) is 1. The van der Waals surface area contributed by atoms with Crippen LogP contribution < -0.4 is 5.32 Å². The molecule has 106 valence electrons. The maximum atomic E-state index is 10.5. The lowest BCUT2D eigenvalue weighted by molar-refractivity contribution is -0.142.